The van der Waals surface area contributed by atoms with Gasteiger partial charge in [-0.25, -0.2) is 13.8 Å². The van der Waals surface area contributed by atoms with E-state index in [1.165, 1.54) is 24.3 Å². The van der Waals surface area contributed by atoms with Crippen LogP contribution in [-0.2, 0) is 0 Å². The highest BCUT2D eigenvalue weighted by atomic mass is 19.1. The number of aromatic nitrogens is 1. The Labute approximate surface area is 159 Å². The molecule has 0 unspecified atom stereocenters. The summed E-state index contributed by atoms with van der Waals surface area (Å²) in [7, 11) is 0. The van der Waals surface area contributed by atoms with Gasteiger partial charge in [0, 0.05) is 16.5 Å². The number of pyridine rings is 1. The van der Waals surface area contributed by atoms with Crippen LogP contribution >= 0.6 is 0 Å². The lowest BCUT2D eigenvalue weighted by molar-refractivity contribution is -0.254. The zero-order valence-corrected chi connectivity index (χ0v) is 14.9. The summed E-state index contributed by atoms with van der Waals surface area (Å²) in [4.78, 5) is 16.2. The predicted molar refractivity (Wildman–Crippen MR) is 102 cm³/mol. The second-order valence-electron chi connectivity index (χ2n) is 6.50. The Morgan fingerprint density at radius 1 is 0.857 bits per heavy atom. The average molecular weight is 374 g/mol. The predicted octanol–water partition coefficient (Wildman–Crippen LogP) is 4.52. The quantitative estimate of drug-likeness (QED) is 0.530. The number of carbonyl (C=O) groups is 1. The van der Waals surface area contributed by atoms with Crippen LogP contribution in [0.25, 0.3) is 33.3 Å². The van der Waals surface area contributed by atoms with Gasteiger partial charge in [0.25, 0.3) is 0 Å². The smallest absolute Gasteiger partial charge is 0.123 e. The third-order valence-corrected chi connectivity index (χ3v) is 4.71. The summed E-state index contributed by atoms with van der Waals surface area (Å²) in [5.41, 5.74) is 3.43. The van der Waals surface area contributed by atoms with Crippen molar-refractivity contribution in [3.8, 4) is 22.4 Å². The van der Waals surface area contributed by atoms with Crippen LogP contribution in [0.15, 0.2) is 66.7 Å². The molecule has 3 nitrogen and oxygen atoms in total. The topological polar surface area (TPSA) is 53.0 Å². The number of nitrogens with zero attached hydrogens (tertiary/aromatic N) is 1. The molecule has 0 fully saturated rings. The Morgan fingerprint density at radius 2 is 1.54 bits per heavy atom. The molecule has 0 aliphatic carbocycles. The Hall–Kier alpha value is -3.60. The summed E-state index contributed by atoms with van der Waals surface area (Å²) in [5.74, 6) is -2.24. The highest BCUT2D eigenvalue weighted by Crippen LogP contribution is 2.31. The van der Waals surface area contributed by atoms with Crippen LogP contribution in [-0.4, -0.2) is 11.0 Å². The standard InChI is InChI=1S/C23H15F2NO2/c1-13-21(23(27)28)19-12-18(25)9-10-20(19)26-22(13)15-7-5-14(6-8-15)16-3-2-4-17(24)11-16/h2-12H,1H3,(H,27,28)/p-1. The van der Waals surface area contributed by atoms with Gasteiger partial charge in [0.05, 0.1) is 17.2 Å². The van der Waals surface area contributed by atoms with Gasteiger partial charge in [-0.05, 0) is 53.9 Å². The number of hydrogen-bond acceptors (Lipinski definition) is 3. The highest BCUT2D eigenvalue weighted by molar-refractivity contribution is 6.04. The lowest BCUT2D eigenvalue weighted by Crippen LogP contribution is -2.24. The molecule has 1 aromatic heterocycles. The summed E-state index contributed by atoms with van der Waals surface area (Å²) in [6.07, 6.45) is 0. The number of carboxylic acids is 1. The monoisotopic (exact) mass is 374 g/mol. The molecule has 0 aliphatic heterocycles. The molecule has 1 heterocycles. The number of carbonyl (C=O) groups excluding carboxylic acids is 1. The molecule has 0 aliphatic rings. The maximum atomic E-state index is 13.6. The van der Waals surface area contributed by atoms with Crippen LogP contribution in [0.1, 0.15) is 15.9 Å². The molecule has 0 saturated carbocycles. The van der Waals surface area contributed by atoms with E-state index in [0.717, 1.165) is 17.2 Å². The van der Waals surface area contributed by atoms with E-state index in [2.05, 4.69) is 4.98 Å². The zero-order valence-electron chi connectivity index (χ0n) is 14.9. The summed E-state index contributed by atoms with van der Waals surface area (Å²) in [6, 6.07) is 17.3. The van der Waals surface area contributed by atoms with Crippen molar-refractivity contribution >= 4 is 16.9 Å². The molecule has 138 valence electrons. The molecule has 0 bridgehead atoms. The van der Waals surface area contributed by atoms with Crippen LogP contribution in [0.3, 0.4) is 0 Å². The fraction of sp³-hybridized carbons (Fsp3) is 0.0435. The van der Waals surface area contributed by atoms with Crippen molar-refractivity contribution in [3.63, 3.8) is 0 Å². The molecular formula is C23H14F2NO2-. The van der Waals surface area contributed by atoms with E-state index in [4.69, 9.17) is 0 Å². The summed E-state index contributed by atoms with van der Waals surface area (Å²) < 4.78 is 27.1. The summed E-state index contributed by atoms with van der Waals surface area (Å²) in [5, 5.41) is 11.9. The molecule has 0 spiro atoms. The van der Waals surface area contributed by atoms with Gasteiger partial charge >= 0.3 is 0 Å². The van der Waals surface area contributed by atoms with Crippen molar-refractivity contribution in [1.29, 1.82) is 0 Å². The van der Waals surface area contributed by atoms with Crippen molar-refractivity contribution in [2.24, 2.45) is 0 Å². The van der Waals surface area contributed by atoms with E-state index in [0.29, 0.717) is 22.3 Å². The number of hydrogen-bond donors (Lipinski definition) is 0. The van der Waals surface area contributed by atoms with Gasteiger partial charge in [0.1, 0.15) is 11.6 Å². The highest BCUT2D eigenvalue weighted by Gasteiger charge is 2.15. The molecule has 5 heteroatoms. The lowest BCUT2D eigenvalue weighted by Gasteiger charge is -2.15. The van der Waals surface area contributed by atoms with E-state index >= 15 is 0 Å². The third-order valence-electron chi connectivity index (χ3n) is 4.71. The van der Waals surface area contributed by atoms with E-state index in [-0.39, 0.29) is 16.8 Å². The number of fused-ring (bicyclic) bond motifs is 1. The number of benzene rings is 3. The molecule has 0 saturated heterocycles. The third kappa shape index (κ3) is 3.11. The second kappa shape index (κ2) is 6.85. The van der Waals surface area contributed by atoms with Crippen molar-refractivity contribution < 1.29 is 18.7 Å². The van der Waals surface area contributed by atoms with Crippen LogP contribution in [0.4, 0.5) is 8.78 Å². The van der Waals surface area contributed by atoms with E-state index in [1.54, 1.807) is 31.2 Å². The van der Waals surface area contributed by atoms with Crippen molar-refractivity contribution in [3.05, 3.63) is 89.5 Å². The van der Waals surface area contributed by atoms with Crippen LogP contribution < -0.4 is 5.11 Å². The number of carboxylic acid groups (broad SMARTS) is 1. The Kier molecular flexibility index (Phi) is 4.35. The normalized spacial score (nSPS) is 11.0. The minimum atomic E-state index is -1.38. The Balaban J connectivity index is 1.86. The number of rotatable bonds is 3. The van der Waals surface area contributed by atoms with Gasteiger partial charge in [-0.15, -0.1) is 0 Å². The average Bonchev–Trinajstić information content (AvgIpc) is 2.67. The Morgan fingerprint density at radius 3 is 2.21 bits per heavy atom. The largest absolute Gasteiger partial charge is 0.545 e. The SMILES string of the molecule is Cc1c(-c2ccc(-c3cccc(F)c3)cc2)nc2ccc(F)cc2c1C(=O)[O-]. The molecule has 0 N–H and O–H groups in total. The maximum absolute atomic E-state index is 13.6. The van der Waals surface area contributed by atoms with E-state index in [1.807, 2.05) is 12.1 Å². The molecule has 28 heavy (non-hydrogen) atoms. The Bertz CT molecular complexity index is 1220. The maximum Gasteiger partial charge on any atom is 0.123 e. The fourth-order valence-electron chi connectivity index (χ4n) is 3.36. The first-order valence-corrected chi connectivity index (χ1v) is 8.61. The number of halogens is 2. The summed E-state index contributed by atoms with van der Waals surface area (Å²) in [6.45, 7) is 1.62. The van der Waals surface area contributed by atoms with E-state index in [9.17, 15) is 18.7 Å². The minimum Gasteiger partial charge on any atom is -0.545 e. The molecule has 0 atom stereocenters. The van der Waals surface area contributed by atoms with Gasteiger partial charge in [-0.1, -0.05) is 36.4 Å². The van der Waals surface area contributed by atoms with Crippen molar-refractivity contribution in [2.45, 2.75) is 6.92 Å². The lowest BCUT2D eigenvalue weighted by atomic mass is 9.96. The van der Waals surface area contributed by atoms with Gasteiger partial charge < -0.3 is 9.90 Å². The van der Waals surface area contributed by atoms with Crippen molar-refractivity contribution in [1.82, 2.24) is 4.98 Å². The van der Waals surface area contributed by atoms with Gasteiger partial charge in [-0.2, -0.15) is 0 Å². The first kappa shape index (κ1) is 17.8. The molecule has 0 amide bonds. The molecule has 4 rings (SSSR count). The minimum absolute atomic E-state index is 0.0753. The van der Waals surface area contributed by atoms with Gasteiger partial charge in [0.2, 0.25) is 0 Å². The van der Waals surface area contributed by atoms with Gasteiger partial charge in [0.15, 0.2) is 0 Å². The van der Waals surface area contributed by atoms with Gasteiger partial charge in [-0.3, -0.25) is 0 Å². The first-order valence-electron chi connectivity index (χ1n) is 8.61. The zero-order chi connectivity index (χ0) is 19.8. The molecule has 3 aromatic carbocycles. The van der Waals surface area contributed by atoms with Crippen LogP contribution in [0, 0.1) is 18.6 Å². The second-order valence-corrected chi connectivity index (χ2v) is 6.50. The van der Waals surface area contributed by atoms with Crippen LogP contribution in [0.2, 0.25) is 0 Å². The molecular weight excluding hydrogens is 360 g/mol. The number of aromatic carboxylic acids is 1. The van der Waals surface area contributed by atoms with E-state index < -0.39 is 11.8 Å². The first-order chi connectivity index (χ1) is 13.4. The summed E-state index contributed by atoms with van der Waals surface area (Å²) >= 11 is 0. The molecule has 4 aromatic rings. The van der Waals surface area contributed by atoms with Crippen LogP contribution in [0.5, 0.6) is 0 Å². The fourth-order valence-corrected chi connectivity index (χ4v) is 3.36. The molecule has 0 radical (unpaired) electrons. The van der Waals surface area contributed by atoms with Crippen molar-refractivity contribution in [2.75, 3.05) is 0 Å².